The van der Waals surface area contributed by atoms with E-state index in [1.54, 1.807) is 6.20 Å². The van der Waals surface area contributed by atoms with Gasteiger partial charge in [0.25, 0.3) is 0 Å². The van der Waals surface area contributed by atoms with Gasteiger partial charge in [-0.3, -0.25) is 9.97 Å². The minimum Gasteiger partial charge on any atom is -0.362 e. The first-order chi connectivity index (χ1) is 13.1. The molecule has 0 spiro atoms. The molecule has 4 rings (SSSR count). The molecule has 4 heterocycles. The van der Waals surface area contributed by atoms with Crippen LogP contribution in [-0.4, -0.2) is 25.0 Å². The van der Waals surface area contributed by atoms with Gasteiger partial charge in [-0.1, -0.05) is 12.1 Å². The van der Waals surface area contributed by atoms with Crippen LogP contribution in [-0.2, 0) is 6.54 Å². The first kappa shape index (κ1) is 18.4. The molecule has 3 aromatic heterocycles. The Bertz CT molecular complexity index is 957. The highest BCUT2D eigenvalue weighted by Gasteiger charge is 2.42. The summed E-state index contributed by atoms with van der Waals surface area (Å²) in [6, 6.07) is 10.1. The Labute approximate surface area is 177 Å². The number of pyridine rings is 2. The van der Waals surface area contributed by atoms with E-state index in [0.717, 1.165) is 16.4 Å². The van der Waals surface area contributed by atoms with Crippen molar-refractivity contribution < 1.29 is 0 Å². The van der Waals surface area contributed by atoms with Crippen LogP contribution in [0.3, 0.4) is 0 Å². The van der Waals surface area contributed by atoms with E-state index in [2.05, 4.69) is 73.7 Å². The van der Waals surface area contributed by atoms with Crippen molar-refractivity contribution in [1.29, 1.82) is 0 Å². The molecule has 2 N–H and O–H groups in total. The Morgan fingerprint density at radius 2 is 2.00 bits per heavy atom. The summed E-state index contributed by atoms with van der Waals surface area (Å²) >= 11 is 8.17. The van der Waals surface area contributed by atoms with Gasteiger partial charge in [0.2, 0.25) is 0 Å². The Balaban J connectivity index is 1.80. The number of aryl methyl sites for hydroxylation is 2. The number of aromatic nitrogens is 3. The van der Waals surface area contributed by atoms with Crippen LogP contribution in [0, 0.1) is 17.4 Å². The second kappa shape index (κ2) is 7.55. The molecule has 0 unspecified atom stereocenters. The molecule has 3 aromatic rings. The van der Waals surface area contributed by atoms with E-state index >= 15 is 0 Å². The van der Waals surface area contributed by atoms with Crippen molar-refractivity contribution in [2.24, 2.45) is 0 Å². The summed E-state index contributed by atoms with van der Waals surface area (Å²) in [4.78, 5) is 14.6. The molecule has 0 bridgehead atoms. The molecular weight excluding hydrogens is 469 g/mol. The maximum absolute atomic E-state index is 5.74. The van der Waals surface area contributed by atoms with Crippen LogP contribution in [0.5, 0.6) is 0 Å². The highest BCUT2D eigenvalue weighted by molar-refractivity contribution is 14.1. The summed E-state index contributed by atoms with van der Waals surface area (Å²) < 4.78 is 1.25. The fourth-order valence-corrected chi connectivity index (χ4v) is 4.86. The van der Waals surface area contributed by atoms with E-state index in [1.165, 1.54) is 20.5 Å². The summed E-state index contributed by atoms with van der Waals surface area (Å²) in [6.07, 6.45) is 5.52. The van der Waals surface area contributed by atoms with Gasteiger partial charge in [-0.15, -0.1) is 0 Å². The van der Waals surface area contributed by atoms with E-state index in [1.807, 2.05) is 30.6 Å². The summed E-state index contributed by atoms with van der Waals surface area (Å²) in [7, 11) is 0. The normalized spacial score (nSPS) is 19.4. The van der Waals surface area contributed by atoms with Crippen LogP contribution >= 0.6 is 34.8 Å². The van der Waals surface area contributed by atoms with E-state index in [9.17, 15) is 0 Å². The van der Waals surface area contributed by atoms with Gasteiger partial charge in [-0.05, 0) is 72.4 Å². The zero-order chi connectivity index (χ0) is 19.0. The molecular formula is C20H20IN5S. The Kier molecular flexibility index (Phi) is 5.14. The Hall–Kier alpha value is -2.00. The van der Waals surface area contributed by atoms with Crippen molar-refractivity contribution in [3.8, 4) is 0 Å². The molecule has 1 aliphatic rings. The summed E-state index contributed by atoms with van der Waals surface area (Å²) in [5.41, 5.74) is 5.76. The quantitative estimate of drug-likeness (QED) is 0.425. The van der Waals surface area contributed by atoms with Gasteiger partial charge in [0.15, 0.2) is 5.11 Å². The average Bonchev–Trinajstić information content (AvgIpc) is 3.12. The highest BCUT2D eigenvalue weighted by Crippen LogP contribution is 2.43. The van der Waals surface area contributed by atoms with Crippen molar-refractivity contribution >= 4 is 39.9 Å². The zero-order valence-electron chi connectivity index (χ0n) is 15.1. The van der Waals surface area contributed by atoms with E-state index in [-0.39, 0.29) is 12.1 Å². The van der Waals surface area contributed by atoms with Crippen LogP contribution < -0.4 is 5.32 Å². The fraction of sp³-hybridized carbons (Fsp3) is 0.250. The number of halogens is 1. The summed E-state index contributed by atoms with van der Waals surface area (Å²) in [5, 5.41) is 4.25. The first-order valence-corrected chi connectivity index (χ1v) is 10.3. The van der Waals surface area contributed by atoms with Gasteiger partial charge in [0, 0.05) is 45.7 Å². The maximum Gasteiger partial charge on any atom is 0.170 e. The zero-order valence-corrected chi connectivity index (χ0v) is 18.1. The summed E-state index contributed by atoms with van der Waals surface area (Å²) in [6.45, 7) is 4.94. The number of aromatic amines is 1. The number of hydrogen-bond donors (Lipinski definition) is 2. The van der Waals surface area contributed by atoms with E-state index < -0.39 is 0 Å². The number of thiocarbonyl (C=S) groups is 1. The summed E-state index contributed by atoms with van der Waals surface area (Å²) in [5.74, 6) is 0. The van der Waals surface area contributed by atoms with Gasteiger partial charge in [-0.2, -0.15) is 0 Å². The molecule has 138 valence electrons. The van der Waals surface area contributed by atoms with Gasteiger partial charge >= 0.3 is 0 Å². The van der Waals surface area contributed by atoms with E-state index in [4.69, 9.17) is 12.2 Å². The van der Waals surface area contributed by atoms with Gasteiger partial charge in [0.05, 0.1) is 17.8 Å². The van der Waals surface area contributed by atoms with Gasteiger partial charge < -0.3 is 15.2 Å². The molecule has 1 aliphatic heterocycles. The Morgan fingerprint density at radius 3 is 2.63 bits per heavy atom. The van der Waals surface area contributed by atoms with Crippen molar-refractivity contribution in [2.75, 3.05) is 0 Å². The maximum atomic E-state index is 5.74. The molecule has 0 aromatic carbocycles. The molecule has 2 atom stereocenters. The molecule has 1 fully saturated rings. The lowest BCUT2D eigenvalue weighted by atomic mass is 9.96. The minimum atomic E-state index is -0.00205. The molecule has 0 aliphatic carbocycles. The molecule has 27 heavy (non-hydrogen) atoms. The SMILES string of the molecule is Cc1[nH]c(C)c([C@H]2[C@H](c3ccccn3)NC(=S)N2Cc2cccnc2)c1I. The van der Waals surface area contributed by atoms with Crippen LogP contribution in [0.25, 0.3) is 0 Å². The molecule has 0 amide bonds. The van der Waals surface area contributed by atoms with Crippen molar-refractivity contribution in [3.05, 3.63) is 80.7 Å². The monoisotopic (exact) mass is 489 g/mol. The Morgan fingerprint density at radius 1 is 1.15 bits per heavy atom. The second-order valence-corrected chi connectivity index (χ2v) is 8.18. The lowest BCUT2D eigenvalue weighted by Crippen LogP contribution is -2.29. The van der Waals surface area contributed by atoms with Crippen LogP contribution in [0.1, 0.15) is 40.3 Å². The minimum absolute atomic E-state index is 0.00205. The molecule has 7 heteroatoms. The van der Waals surface area contributed by atoms with Crippen LogP contribution in [0.2, 0.25) is 0 Å². The van der Waals surface area contributed by atoms with Crippen LogP contribution in [0.15, 0.2) is 48.9 Å². The number of rotatable bonds is 4. The lowest BCUT2D eigenvalue weighted by molar-refractivity contribution is 0.309. The van der Waals surface area contributed by atoms with Gasteiger partial charge in [-0.25, -0.2) is 0 Å². The molecule has 0 radical (unpaired) electrons. The second-order valence-electron chi connectivity index (χ2n) is 6.72. The average molecular weight is 489 g/mol. The van der Waals surface area contributed by atoms with E-state index in [0.29, 0.717) is 6.54 Å². The predicted molar refractivity (Wildman–Crippen MR) is 118 cm³/mol. The molecule has 0 saturated carbocycles. The number of nitrogens with one attached hydrogen (secondary N) is 2. The smallest absolute Gasteiger partial charge is 0.170 e. The van der Waals surface area contributed by atoms with Crippen molar-refractivity contribution in [2.45, 2.75) is 32.5 Å². The van der Waals surface area contributed by atoms with Gasteiger partial charge in [0.1, 0.15) is 0 Å². The predicted octanol–water partition coefficient (Wildman–Crippen LogP) is 4.20. The van der Waals surface area contributed by atoms with Crippen molar-refractivity contribution in [1.82, 2.24) is 25.2 Å². The standard InChI is InChI=1S/C20H20IN5S/c1-12-16(17(21)13(2)24-12)19-18(15-7-3-4-9-23-15)25-20(27)26(19)11-14-6-5-8-22-10-14/h3-10,18-19,24H,11H2,1-2H3,(H,25,27)/t18-,19-/m0/s1. The number of nitrogens with zero attached hydrogens (tertiary/aromatic N) is 3. The first-order valence-electron chi connectivity index (χ1n) is 8.77. The third-order valence-corrected chi connectivity index (χ3v) is 6.66. The number of H-pyrrole nitrogens is 1. The van der Waals surface area contributed by atoms with Crippen molar-refractivity contribution in [3.63, 3.8) is 0 Å². The van der Waals surface area contributed by atoms with Crippen LogP contribution in [0.4, 0.5) is 0 Å². The molecule has 1 saturated heterocycles. The third-order valence-electron chi connectivity index (χ3n) is 4.91. The fourth-order valence-electron chi connectivity index (χ4n) is 3.70. The lowest BCUT2D eigenvalue weighted by Gasteiger charge is -2.28. The largest absolute Gasteiger partial charge is 0.362 e. The topological polar surface area (TPSA) is 56.8 Å². The third kappa shape index (κ3) is 3.45. The molecule has 5 nitrogen and oxygen atoms in total. The highest BCUT2D eigenvalue weighted by atomic mass is 127. The number of hydrogen-bond acceptors (Lipinski definition) is 3.